The predicted molar refractivity (Wildman–Crippen MR) is 110 cm³/mol. The van der Waals surface area contributed by atoms with Gasteiger partial charge in [-0.15, -0.1) is 0 Å². The summed E-state index contributed by atoms with van der Waals surface area (Å²) in [4.78, 5) is 4.12. The number of anilines is 1. The molecule has 2 aromatic carbocycles. The van der Waals surface area contributed by atoms with E-state index in [-0.39, 0.29) is 23.9 Å². The maximum absolute atomic E-state index is 14.1. The van der Waals surface area contributed by atoms with Crippen LogP contribution < -0.4 is 10.1 Å². The summed E-state index contributed by atoms with van der Waals surface area (Å²) >= 11 is 0. The Labute approximate surface area is 173 Å². The molecular weight excluding hydrogens is 396 g/mol. The standard InChI is InChI=1S/C21H18F4N2O.C2H6/c1-13-9-14(2)16(18(22)10-13)12-27-20-8-7-15(11-26-20)28-19-6-4-3-5-17(19)21(23,24)25;1-2/h3-11H,12H2,1-2H3,(H,26,27);1-2H3. The molecule has 0 spiro atoms. The summed E-state index contributed by atoms with van der Waals surface area (Å²) in [6, 6.07) is 11.4. The molecule has 0 aliphatic carbocycles. The molecule has 0 bridgehead atoms. The monoisotopic (exact) mass is 420 g/mol. The van der Waals surface area contributed by atoms with Gasteiger partial charge in [-0.05, 0) is 55.3 Å². The average Bonchev–Trinajstić information content (AvgIpc) is 2.69. The molecule has 0 radical (unpaired) electrons. The van der Waals surface area contributed by atoms with Crippen LogP contribution in [0, 0.1) is 19.7 Å². The van der Waals surface area contributed by atoms with E-state index in [1.807, 2.05) is 33.8 Å². The maximum atomic E-state index is 14.1. The summed E-state index contributed by atoms with van der Waals surface area (Å²) in [6.45, 7) is 7.89. The van der Waals surface area contributed by atoms with Gasteiger partial charge in [0.2, 0.25) is 0 Å². The Kier molecular flexibility index (Phi) is 7.80. The number of hydrogen-bond donors (Lipinski definition) is 1. The van der Waals surface area contributed by atoms with Crippen LogP contribution in [-0.4, -0.2) is 4.98 Å². The van der Waals surface area contributed by atoms with Crippen LogP contribution in [0.4, 0.5) is 23.4 Å². The Morgan fingerprint density at radius 1 is 1.00 bits per heavy atom. The number of benzene rings is 2. The third kappa shape index (κ3) is 5.95. The predicted octanol–water partition coefficient (Wildman–Crippen LogP) is 7.29. The molecular formula is C23H24F4N2O. The van der Waals surface area contributed by atoms with E-state index in [0.717, 1.165) is 17.2 Å². The molecule has 160 valence electrons. The first-order valence-corrected chi connectivity index (χ1v) is 9.53. The molecule has 0 unspecified atom stereocenters. The molecule has 0 aliphatic heterocycles. The van der Waals surface area contributed by atoms with E-state index in [4.69, 9.17) is 4.74 Å². The van der Waals surface area contributed by atoms with Gasteiger partial charge in [-0.25, -0.2) is 9.37 Å². The van der Waals surface area contributed by atoms with Crippen molar-refractivity contribution < 1.29 is 22.3 Å². The Morgan fingerprint density at radius 3 is 2.30 bits per heavy atom. The van der Waals surface area contributed by atoms with Gasteiger partial charge in [-0.2, -0.15) is 13.2 Å². The second-order valence-corrected chi connectivity index (χ2v) is 6.37. The Balaban J connectivity index is 0.00000155. The van der Waals surface area contributed by atoms with Crippen molar-refractivity contribution >= 4 is 5.82 Å². The van der Waals surface area contributed by atoms with E-state index >= 15 is 0 Å². The van der Waals surface area contributed by atoms with E-state index in [0.29, 0.717) is 11.4 Å². The highest BCUT2D eigenvalue weighted by Gasteiger charge is 2.34. The molecule has 0 saturated heterocycles. The number of ether oxygens (including phenoxy) is 1. The number of pyridine rings is 1. The Morgan fingerprint density at radius 2 is 1.70 bits per heavy atom. The molecule has 1 N–H and O–H groups in total. The summed E-state index contributed by atoms with van der Waals surface area (Å²) in [5.41, 5.74) is 1.35. The van der Waals surface area contributed by atoms with Crippen molar-refractivity contribution in [2.24, 2.45) is 0 Å². The highest BCUT2D eigenvalue weighted by atomic mass is 19.4. The number of rotatable bonds is 5. The van der Waals surface area contributed by atoms with Gasteiger partial charge in [0.05, 0.1) is 11.8 Å². The highest BCUT2D eigenvalue weighted by Crippen LogP contribution is 2.37. The number of halogens is 4. The fourth-order valence-electron chi connectivity index (χ4n) is 2.81. The molecule has 1 heterocycles. The molecule has 30 heavy (non-hydrogen) atoms. The van der Waals surface area contributed by atoms with Crippen LogP contribution in [0.1, 0.15) is 36.1 Å². The lowest BCUT2D eigenvalue weighted by Gasteiger charge is -2.14. The number of hydrogen-bond acceptors (Lipinski definition) is 3. The van der Waals surface area contributed by atoms with E-state index in [9.17, 15) is 17.6 Å². The van der Waals surface area contributed by atoms with E-state index in [1.165, 1.54) is 36.5 Å². The lowest BCUT2D eigenvalue weighted by atomic mass is 10.0. The lowest BCUT2D eigenvalue weighted by Crippen LogP contribution is -2.07. The largest absolute Gasteiger partial charge is 0.455 e. The van der Waals surface area contributed by atoms with Gasteiger partial charge in [-0.1, -0.05) is 32.0 Å². The summed E-state index contributed by atoms with van der Waals surface area (Å²) in [6.07, 6.45) is -3.20. The van der Waals surface area contributed by atoms with Crippen LogP contribution in [0.3, 0.4) is 0 Å². The fourth-order valence-corrected chi connectivity index (χ4v) is 2.81. The fraction of sp³-hybridized carbons (Fsp3) is 0.261. The van der Waals surface area contributed by atoms with Crippen molar-refractivity contribution in [2.45, 2.75) is 40.4 Å². The minimum atomic E-state index is -4.51. The number of nitrogens with one attached hydrogen (secondary N) is 1. The third-order valence-corrected chi connectivity index (χ3v) is 4.17. The Hall–Kier alpha value is -3.09. The zero-order valence-corrected chi connectivity index (χ0v) is 17.3. The second kappa shape index (κ2) is 10.1. The van der Waals surface area contributed by atoms with Gasteiger partial charge in [0.15, 0.2) is 0 Å². The maximum Gasteiger partial charge on any atom is 0.419 e. The molecule has 3 rings (SSSR count). The Bertz CT molecular complexity index is 947. The van der Waals surface area contributed by atoms with Crippen molar-refractivity contribution in [3.63, 3.8) is 0 Å². The van der Waals surface area contributed by atoms with Crippen molar-refractivity contribution in [3.8, 4) is 11.5 Å². The zero-order valence-electron chi connectivity index (χ0n) is 17.3. The van der Waals surface area contributed by atoms with Gasteiger partial charge in [-0.3, -0.25) is 0 Å². The molecule has 7 heteroatoms. The first-order chi connectivity index (χ1) is 14.2. The number of aromatic nitrogens is 1. The van der Waals surface area contributed by atoms with E-state index in [1.54, 1.807) is 6.07 Å². The van der Waals surface area contributed by atoms with Crippen LogP contribution in [0.15, 0.2) is 54.7 Å². The summed E-state index contributed by atoms with van der Waals surface area (Å²) in [5, 5.41) is 3.00. The first-order valence-electron chi connectivity index (χ1n) is 9.53. The van der Waals surface area contributed by atoms with Crippen molar-refractivity contribution in [2.75, 3.05) is 5.32 Å². The van der Waals surface area contributed by atoms with Gasteiger partial charge >= 0.3 is 6.18 Å². The van der Waals surface area contributed by atoms with Gasteiger partial charge < -0.3 is 10.1 Å². The minimum Gasteiger partial charge on any atom is -0.455 e. The van der Waals surface area contributed by atoms with Gasteiger partial charge in [0.25, 0.3) is 0 Å². The minimum absolute atomic E-state index is 0.167. The summed E-state index contributed by atoms with van der Waals surface area (Å²) < 4.78 is 58.5. The molecule has 1 aromatic heterocycles. The summed E-state index contributed by atoms with van der Waals surface area (Å²) in [7, 11) is 0. The van der Waals surface area contributed by atoms with Crippen molar-refractivity contribution in [3.05, 3.63) is 82.8 Å². The first kappa shape index (κ1) is 23.2. The molecule has 3 aromatic rings. The quantitative estimate of drug-likeness (QED) is 0.440. The summed E-state index contributed by atoms with van der Waals surface area (Å²) in [5.74, 6) is 0.0272. The lowest BCUT2D eigenvalue weighted by molar-refractivity contribution is -0.138. The van der Waals surface area contributed by atoms with E-state index in [2.05, 4.69) is 10.3 Å². The van der Waals surface area contributed by atoms with Gasteiger partial charge in [0, 0.05) is 12.1 Å². The SMILES string of the molecule is CC.Cc1cc(C)c(CNc2ccc(Oc3ccccc3C(F)(F)F)cn2)c(F)c1. The zero-order chi connectivity index (χ0) is 22.3. The smallest absolute Gasteiger partial charge is 0.419 e. The topological polar surface area (TPSA) is 34.1 Å². The third-order valence-electron chi connectivity index (χ3n) is 4.17. The van der Waals surface area contributed by atoms with Crippen molar-refractivity contribution in [1.82, 2.24) is 4.98 Å². The van der Waals surface area contributed by atoms with Crippen LogP contribution in [-0.2, 0) is 12.7 Å². The van der Waals surface area contributed by atoms with Crippen LogP contribution in [0.25, 0.3) is 0 Å². The normalized spacial score (nSPS) is 10.8. The van der Waals surface area contributed by atoms with Crippen LogP contribution in [0.2, 0.25) is 0 Å². The highest BCUT2D eigenvalue weighted by molar-refractivity contribution is 5.43. The molecule has 0 atom stereocenters. The van der Waals surface area contributed by atoms with E-state index < -0.39 is 11.7 Å². The average molecular weight is 420 g/mol. The second-order valence-electron chi connectivity index (χ2n) is 6.37. The number of alkyl halides is 3. The molecule has 3 nitrogen and oxygen atoms in total. The number of aryl methyl sites for hydroxylation is 2. The molecule has 0 amide bonds. The molecule has 0 aliphatic rings. The van der Waals surface area contributed by atoms with Crippen LogP contribution >= 0.6 is 0 Å². The van der Waals surface area contributed by atoms with Crippen molar-refractivity contribution in [1.29, 1.82) is 0 Å². The molecule has 0 saturated carbocycles. The number of nitrogens with zero attached hydrogens (tertiary/aromatic N) is 1. The number of para-hydroxylation sites is 1. The van der Waals surface area contributed by atoms with Crippen LogP contribution in [0.5, 0.6) is 11.5 Å². The van der Waals surface area contributed by atoms with Gasteiger partial charge in [0.1, 0.15) is 23.1 Å². The molecule has 0 fully saturated rings.